The lowest BCUT2D eigenvalue weighted by Crippen LogP contribution is -2.24. The molecule has 0 radical (unpaired) electrons. The Morgan fingerprint density at radius 2 is 1.88 bits per heavy atom. The van der Waals surface area contributed by atoms with Gasteiger partial charge in [0.2, 0.25) is 0 Å². The maximum atomic E-state index is 11.7. The Hall–Kier alpha value is -3.55. The Kier molecular flexibility index (Phi) is 7.58. The summed E-state index contributed by atoms with van der Waals surface area (Å²) in [5.41, 5.74) is 3.31. The quantitative estimate of drug-likeness (QED) is 0.417. The minimum absolute atomic E-state index is 0.121. The van der Waals surface area contributed by atoms with E-state index in [0.717, 1.165) is 36.1 Å². The molecule has 0 amide bonds. The molecule has 1 N–H and O–H groups in total. The molecule has 1 aliphatic heterocycles. The minimum atomic E-state index is -1.18. The molecule has 1 heterocycles. The molecule has 0 spiro atoms. The Bertz CT molecular complexity index is 1070. The van der Waals surface area contributed by atoms with Crippen LogP contribution in [-0.4, -0.2) is 42.3 Å². The van der Waals surface area contributed by atoms with Crippen molar-refractivity contribution in [1.82, 2.24) is 0 Å². The summed E-state index contributed by atoms with van der Waals surface area (Å²) >= 11 is 0. The van der Waals surface area contributed by atoms with Gasteiger partial charge in [-0.1, -0.05) is 47.9 Å². The number of carboxylic acid groups (broad SMARTS) is 1. The van der Waals surface area contributed by atoms with Crippen molar-refractivity contribution >= 4 is 17.4 Å². The predicted octanol–water partition coefficient (Wildman–Crippen LogP) is 4.56. The lowest BCUT2D eigenvalue weighted by atomic mass is 9.97. The summed E-state index contributed by atoms with van der Waals surface area (Å²) in [6.45, 7) is 6.27. The molecule has 0 aliphatic carbocycles. The van der Waals surface area contributed by atoms with Crippen molar-refractivity contribution < 1.29 is 29.0 Å². The van der Waals surface area contributed by atoms with Gasteiger partial charge in [0, 0.05) is 23.1 Å². The first-order valence-electron chi connectivity index (χ1n) is 10.8. The van der Waals surface area contributed by atoms with Crippen LogP contribution in [0.15, 0.2) is 46.7 Å². The average molecular weight is 455 g/mol. The number of aliphatic carboxylic acids is 1. The number of benzene rings is 2. The van der Waals surface area contributed by atoms with Gasteiger partial charge >= 0.3 is 5.97 Å². The minimum Gasteiger partial charge on any atom is -0.485 e. The topological polar surface area (TPSA) is 98.9 Å². The summed E-state index contributed by atoms with van der Waals surface area (Å²) in [7, 11) is 2.84. The number of carboxylic acids is 1. The average Bonchev–Trinajstić information content (AvgIpc) is 3.09. The van der Waals surface area contributed by atoms with Crippen molar-refractivity contribution in [3.63, 3.8) is 0 Å². The van der Waals surface area contributed by atoms with Crippen LogP contribution in [0, 0.1) is 0 Å². The summed E-state index contributed by atoms with van der Waals surface area (Å²) < 4.78 is 12.4. The predicted molar refractivity (Wildman–Crippen MR) is 125 cm³/mol. The highest BCUT2D eigenvalue weighted by Gasteiger charge is 2.33. The smallest absolute Gasteiger partial charge is 0.358 e. The molecule has 2 aromatic rings. The molecular formula is C25H30N2O6. The van der Waals surface area contributed by atoms with Crippen molar-refractivity contribution in [3.05, 3.63) is 58.7 Å². The van der Waals surface area contributed by atoms with Crippen molar-refractivity contribution in [2.24, 2.45) is 10.3 Å². The van der Waals surface area contributed by atoms with Crippen molar-refractivity contribution in [1.29, 1.82) is 0 Å². The van der Waals surface area contributed by atoms with Crippen LogP contribution in [0.1, 0.15) is 55.9 Å². The zero-order chi connectivity index (χ0) is 24.0. The van der Waals surface area contributed by atoms with E-state index >= 15 is 0 Å². The number of rotatable bonds is 10. The van der Waals surface area contributed by atoms with Crippen molar-refractivity contribution in [3.8, 4) is 11.5 Å². The Balaban J connectivity index is 1.99. The van der Waals surface area contributed by atoms with Gasteiger partial charge in [0.25, 0.3) is 0 Å². The first-order valence-corrected chi connectivity index (χ1v) is 10.8. The molecule has 0 saturated heterocycles. The highest BCUT2D eigenvalue weighted by molar-refractivity contribution is 6.42. The van der Waals surface area contributed by atoms with Gasteiger partial charge in [-0.05, 0) is 38.0 Å². The summed E-state index contributed by atoms with van der Waals surface area (Å²) in [6, 6.07) is 11.0. The number of ether oxygens (including phenoxy) is 2. The van der Waals surface area contributed by atoms with Crippen LogP contribution in [0.25, 0.3) is 0 Å². The third kappa shape index (κ3) is 5.63. The highest BCUT2D eigenvalue weighted by atomic mass is 16.6. The van der Waals surface area contributed by atoms with Crippen molar-refractivity contribution in [2.75, 3.05) is 14.2 Å². The van der Waals surface area contributed by atoms with E-state index in [1.165, 1.54) is 14.2 Å². The number of oxime groups is 2. The van der Waals surface area contributed by atoms with E-state index in [1.54, 1.807) is 18.2 Å². The second-order valence-electron chi connectivity index (χ2n) is 8.35. The van der Waals surface area contributed by atoms with Crippen molar-refractivity contribution in [2.45, 2.75) is 52.2 Å². The van der Waals surface area contributed by atoms with Crippen LogP contribution in [-0.2, 0) is 27.5 Å². The van der Waals surface area contributed by atoms with Gasteiger partial charge in [-0.25, -0.2) is 4.79 Å². The molecule has 2 aromatic carbocycles. The maximum Gasteiger partial charge on any atom is 0.358 e. The zero-order valence-electron chi connectivity index (χ0n) is 19.7. The molecule has 176 valence electrons. The largest absolute Gasteiger partial charge is 0.485 e. The molecule has 0 saturated carbocycles. The Morgan fingerprint density at radius 1 is 1.15 bits per heavy atom. The molecule has 0 bridgehead atoms. The molecule has 0 unspecified atom stereocenters. The maximum absolute atomic E-state index is 11.7. The number of hydrogen-bond donors (Lipinski definition) is 1. The highest BCUT2D eigenvalue weighted by Crippen LogP contribution is 2.43. The standard InChI is InChI=1S/C25H30N2O6/c1-6-9-20(26-30-4)17-12-18-14-25(2,3)33-23(18)21(13-17)32-15-16-10-7-8-11-19(16)22(24(28)29)27-31-5/h7-8,10-13H,6,9,14-15H2,1-5H3,(H,28,29)/b26-20+,27-22?. The van der Waals surface area contributed by atoms with Crippen LogP contribution in [0.2, 0.25) is 0 Å². The monoisotopic (exact) mass is 454 g/mol. The second kappa shape index (κ2) is 10.4. The van der Waals surface area contributed by atoms with E-state index in [0.29, 0.717) is 22.6 Å². The first kappa shape index (κ1) is 24.1. The first-order chi connectivity index (χ1) is 15.8. The molecule has 1 aliphatic rings. The molecule has 0 aromatic heterocycles. The zero-order valence-corrected chi connectivity index (χ0v) is 19.7. The number of hydrogen-bond acceptors (Lipinski definition) is 7. The lowest BCUT2D eigenvalue weighted by molar-refractivity contribution is -0.129. The van der Waals surface area contributed by atoms with Gasteiger partial charge in [-0.3, -0.25) is 0 Å². The van der Waals surface area contributed by atoms with E-state index in [2.05, 4.69) is 23.3 Å². The summed E-state index contributed by atoms with van der Waals surface area (Å²) in [5, 5.41) is 17.4. The molecule has 3 rings (SSSR count). The number of fused-ring (bicyclic) bond motifs is 1. The van der Waals surface area contributed by atoms with E-state index in [1.807, 2.05) is 26.0 Å². The third-order valence-corrected chi connectivity index (χ3v) is 5.19. The van der Waals surface area contributed by atoms with Crippen LogP contribution in [0.5, 0.6) is 11.5 Å². The van der Waals surface area contributed by atoms with Gasteiger partial charge in [-0.2, -0.15) is 0 Å². The third-order valence-electron chi connectivity index (χ3n) is 5.19. The fourth-order valence-electron chi connectivity index (χ4n) is 3.87. The van der Waals surface area contributed by atoms with E-state index in [9.17, 15) is 9.90 Å². The number of nitrogens with zero attached hydrogens (tertiary/aromatic N) is 2. The molecule has 0 atom stereocenters. The van der Waals surface area contributed by atoms with Crippen LogP contribution in [0.3, 0.4) is 0 Å². The molecule has 8 nitrogen and oxygen atoms in total. The van der Waals surface area contributed by atoms with Gasteiger partial charge < -0.3 is 24.3 Å². The molecule has 8 heteroatoms. The second-order valence-corrected chi connectivity index (χ2v) is 8.35. The van der Waals surface area contributed by atoms with Crippen LogP contribution in [0.4, 0.5) is 0 Å². The molecule has 0 fully saturated rings. The van der Waals surface area contributed by atoms with Crippen LogP contribution >= 0.6 is 0 Å². The van der Waals surface area contributed by atoms with E-state index in [4.69, 9.17) is 19.1 Å². The summed E-state index contributed by atoms with van der Waals surface area (Å²) in [4.78, 5) is 21.5. The summed E-state index contributed by atoms with van der Waals surface area (Å²) in [6.07, 6.45) is 2.41. The molecular weight excluding hydrogens is 424 g/mol. The fraction of sp³-hybridized carbons (Fsp3) is 0.400. The number of carbonyl (C=O) groups is 1. The van der Waals surface area contributed by atoms with Gasteiger partial charge in [0.05, 0.1) is 5.71 Å². The van der Waals surface area contributed by atoms with Crippen LogP contribution < -0.4 is 9.47 Å². The lowest BCUT2D eigenvalue weighted by Gasteiger charge is -2.19. The molecule has 33 heavy (non-hydrogen) atoms. The van der Waals surface area contributed by atoms with Gasteiger partial charge in [-0.15, -0.1) is 0 Å². The fourth-order valence-corrected chi connectivity index (χ4v) is 3.87. The Labute approximate surface area is 193 Å². The van der Waals surface area contributed by atoms with Gasteiger partial charge in [0.1, 0.15) is 26.4 Å². The van der Waals surface area contributed by atoms with E-state index in [-0.39, 0.29) is 17.9 Å². The SMILES string of the molecule is CCC/C(=N\OC)c1cc2c(c(OCc3ccccc3C(=NOC)C(=O)O)c1)OC(C)(C)C2. The normalized spacial score (nSPS) is 14.9. The summed E-state index contributed by atoms with van der Waals surface area (Å²) in [5.74, 6) is 0.0825. The Morgan fingerprint density at radius 3 is 2.55 bits per heavy atom. The van der Waals surface area contributed by atoms with E-state index < -0.39 is 5.97 Å². The van der Waals surface area contributed by atoms with Gasteiger partial charge in [0.15, 0.2) is 17.2 Å².